The van der Waals surface area contributed by atoms with Crippen LogP contribution in [0.2, 0.25) is 5.02 Å². The number of halogens is 1. The molecule has 0 atom stereocenters. The zero-order valence-corrected chi connectivity index (χ0v) is 11.7. The fraction of sp³-hybridized carbons (Fsp3) is 0.571. The van der Waals surface area contributed by atoms with Gasteiger partial charge >= 0.3 is 0 Å². The van der Waals surface area contributed by atoms with E-state index in [1.54, 1.807) is 0 Å². The highest BCUT2D eigenvalue weighted by Crippen LogP contribution is 2.25. The van der Waals surface area contributed by atoms with Gasteiger partial charge in [0.25, 0.3) is 0 Å². The largest absolute Gasteiger partial charge is 0.494 e. The second kappa shape index (κ2) is 7.57. The topological polar surface area (TPSA) is 21.3 Å². The summed E-state index contributed by atoms with van der Waals surface area (Å²) in [5.74, 6) is 0.917. The Hall–Kier alpha value is -0.730. The third kappa shape index (κ3) is 4.97. The molecule has 0 aliphatic carbocycles. The Bertz CT molecular complexity index is 329. The molecule has 1 aromatic rings. The van der Waals surface area contributed by atoms with Gasteiger partial charge < -0.3 is 10.1 Å². The number of rotatable bonds is 7. The third-order valence-corrected chi connectivity index (χ3v) is 3.20. The molecule has 1 aromatic carbocycles. The van der Waals surface area contributed by atoms with Gasteiger partial charge in [-0.1, -0.05) is 18.5 Å². The van der Waals surface area contributed by atoms with E-state index < -0.39 is 0 Å². The molecule has 0 heterocycles. The van der Waals surface area contributed by atoms with Crippen LogP contribution in [0, 0.1) is 13.8 Å². The molecule has 96 valence electrons. The molecule has 1 N–H and O–H groups in total. The molecular weight excluding hydrogens is 234 g/mol. The first-order valence-electron chi connectivity index (χ1n) is 6.25. The van der Waals surface area contributed by atoms with Gasteiger partial charge in [-0.25, -0.2) is 0 Å². The molecule has 0 amide bonds. The summed E-state index contributed by atoms with van der Waals surface area (Å²) >= 11 is 6.10. The molecule has 17 heavy (non-hydrogen) atoms. The highest BCUT2D eigenvalue weighted by atomic mass is 35.5. The van der Waals surface area contributed by atoms with Crippen LogP contribution >= 0.6 is 11.6 Å². The molecule has 2 nitrogen and oxygen atoms in total. The summed E-state index contributed by atoms with van der Waals surface area (Å²) in [6.07, 6.45) is 2.21. The standard InChI is InChI=1S/C14H22ClNO/c1-4-6-16-7-5-8-17-13-9-11(2)14(15)12(3)10-13/h9-10,16H,4-8H2,1-3H3. The fourth-order valence-electron chi connectivity index (χ4n) is 1.68. The number of benzene rings is 1. The lowest BCUT2D eigenvalue weighted by Gasteiger charge is -2.10. The Labute approximate surface area is 109 Å². The molecule has 0 spiro atoms. The van der Waals surface area contributed by atoms with Crippen molar-refractivity contribution in [3.8, 4) is 5.75 Å². The Kier molecular flexibility index (Phi) is 6.38. The van der Waals surface area contributed by atoms with Gasteiger partial charge in [-0.15, -0.1) is 0 Å². The third-order valence-electron chi connectivity index (χ3n) is 2.60. The number of nitrogens with one attached hydrogen (secondary N) is 1. The zero-order valence-electron chi connectivity index (χ0n) is 11.0. The summed E-state index contributed by atoms with van der Waals surface area (Å²) < 4.78 is 5.70. The average Bonchev–Trinajstić information content (AvgIpc) is 2.30. The van der Waals surface area contributed by atoms with Crippen LogP contribution in [-0.2, 0) is 0 Å². The SMILES string of the molecule is CCCNCCCOc1cc(C)c(Cl)c(C)c1. The Morgan fingerprint density at radius 3 is 2.41 bits per heavy atom. The molecule has 3 heteroatoms. The minimum Gasteiger partial charge on any atom is -0.494 e. The molecule has 0 bridgehead atoms. The molecule has 0 aromatic heterocycles. The molecule has 0 unspecified atom stereocenters. The van der Waals surface area contributed by atoms with Gasteiger partial charge in [0.2, 0.25) is 0 Å². The van der Waals surface area contributed by atoms with E-state index in [-0.39, 0.29) is 0 Å². The predicted octanol–water partition coefficient (Wildman–Crippen LogP) is 3.73. The summed E-state index contributed by atoms with van der Waals surface area (Å²) in [5, 5.41) is 4.19. The van der Waals surface area contributed by atoms with Crippen molar-refractivity contribution in [2.24, 2.45) is 0 Å². The second-order valence-electron chi connectivity index (χ2n) is 4.32. The van der Waals surface area contributed by atoms with Gasteiger partial charge in [0.05, 0.1) is 6.61 Å². The van der Waals surface area contributed by atoms with Gasteiger partial charge in [0.1, 0.15) is 5.75 Å². The van der Waals surface area contributed by atoms with Crippen LogP contribution in [0.25, 0.3) is 0 Å². The summed E-state index contributed by atoms with van der Waals surface area (Å²) in [7, 11) is 0. The molecule has 0 aliphatic rings. The Morgan fingerprint density at radius 2 is 1.82 bits per heavy atom. The quantitative estimate of drug-likeness (QED) is 0.750. The van der Waals surface area contributed by atoms with Crippen LogP contribution < -0.4 is 10.1 Å². The first-order chi connectivity index (χ1) is 8.15. The Balaban J connectivity index is 2.32. The van der Waals surface area contributed by atoms with Crippen LogP contribution in [0.15, 0.2) is 12.1 Å². The van der Waals surface area contributed by atoms with Gasteiger partial charge in [0.15, 0.2) is 0 Å². The van der Waals surface area contributed by atoms with Crippen molar-refractivity contribution in [1.29, 1.82) is 0 Å². The summed E-state index contributed by atoms with van der Waals surface area (Å²) in [6.45, 7) is 9.02. The zero-order chi connectivity index (χ0) is 12.7. The van der Waals surface area contributed by atoms with Crippen LogP contribution in [0.3, 0.4) is 0 Å². The molecule has 0 aliphatic heterocycles. The van der Waals surface area contributed by atoms with E-state index >= 15 is 0 Å². The molecule has 0 saturated heterocycles. The highest BCUT2D eigenvalue weighted by molar-refractivity contribution is 6.32. The van der Waals surface area contributed by atoms with Crippen molar-refractivity contribution in [2.45, 2.75) is 33.6 Å². The number of hydrogen-bond donors (Lipinski definition) is 1. The maximum Gasteiger partial charge on any atom is 0.119 e. The van der Waals surface area contributed by atoms with E-state index in [1.807, 2.05) is 26.0 Å². The molecule has 0 radical (unpaired) electrons. The minimum atomic E-state index is 0.747. The highest BCUT2D eigenvalue weighted by Gasteiger charge is 2.03. The van der Waals surface area contributed by atoms with E-state index in [0.29, 0.717) is 0 Å². The van der Waals surface area contributed by atoms with Crippen LogP contribution in [0.4, 0.5) is 0 Å². The molecule has 0 saturated carbocycles. The molecular formula is C14H22ClNO. The van der Waals surface area contributed by atoms with Crippen molar-refractivity contribution in [3.05, 3.63) is 28.3 Å². The first-order valence-corrected chi connectivity index (χ1v) is 6.63. The van der Waals surface area contributed by atoms with Crippen molar-refractivity contribution in [2.75, 3.05) is 19.7 Å². The van der Waals surface area contributed by atoms with Gasteiger partial charge in [-0.2, -0.15) is 0 Å². The number of aryl methyl sites for hydroxylation is 2. The fourth-order valence-corrected chi connectivity index (χ4v) is 1.79. The van der Waals surface area contributed by atoms with Crippen LogP contribution in [0.1, 0.15) is 30.9 Å². The van der Waals surface area contributed by atoms with Crippen molar-refractivity contribution in [3.63, 3.8) is 0 Å². The second-order valence-corrected chi connectivity index (χ2v) is 4.70. The monoisotopic (exact) mass is 255 g/mol. The van der Waals surface area contributed by atoms with Crippen molar-refractivity contribution in [1.82, 2.24) is 5.32 Å². The predicted molar refractivity (Wildman–Crippen MR) is 74.2 cm³/mol. The summed E-state index contributed by atoms with van der Waals surface area (Å²) in [5.41, 5.74) is 2.15. The van der Waals surface area contributed by atoms with Gasteiger partial charge in [-0.3, -0.25) is 0 Å². The smallest absolute Gasteiger partial charge is 0.119 e. The summed E-state index contributed by atoms with van der Waals surface area (Å²) in [4.78, 5) is 0. The molecule has 1 rings (SSSR count). The molecule has 0 fully saturated rings. The van der Waals surface area contributed by atoms with E-state index in [1.165, 1.54) is 6.42 Å². The van der Waals surface area contributed by atoms with Crippen molar-refractivity contribution >= 4 is 11.6 Å². The van der Waals surface area contributed by atoms with Crippen molar-refractivity contribution < 1.29 is 4.74 Å². The van der Waals surface area contributed by atoms with Gasteiger partial charge in [0, 0.05) is 5.02 Å². The average molecular weight is 256 g/mol. The van der Waals surface area contributed by atoms with Crippen LogP contribution in [0.5, 0.6) is 5.75 Å². The van der Waals surface area contributed by atoms with E-state index in [4.69, 9.17) is 16.3 Å². The van der Waals surface area contributed by atoms with Gasteiger partial charge in [-0.05, 0) is 63.0 Å². The number of hydrogen-bond acceptors (Lipinski definition) is 2. The Morgan fingerprint density at radius 1 is 1.18 bits per heavy atom. The first kappa shape index (κ1) is 14.3. The lowest BCUT2D eigenvalue weighted by Crippen LogP contribution is -2.18. The normalized spacial score (nSPS) is 10.6. The minimum absolute atomic E-state index is 0.747. The lowest BCUT2D eigenvalue weighted by molar-refractivity contribution is 0.308. The summed E-state index contributed by atoms with van der Waals surface area (Å²) in [6, 6.07) is 3.99. The van der Waals surface area contributed by atoms with E-state index in [2.05, 4.69) is 12.2 Å². The maximum atomic E-state index is 6.10. The number of ether oxygens (including phenoxy) is 1. The van der Waals surface area contributed by atoms with Crippen LogP contribution in [-0.4, -0.2) is 19.7 Å². The maximum absolute atomic E-state index is 6.10. The van der Waals surface area contributed by atoms with E-state index in [9.17, 15) is 0 Å². The van der Waals surface area contributed by atoms with E-state index in [0.717, 1.165) is 48.0 Å². The lowest BCUT2D eigenvalue weighted by atomic mass is 10.1.